The molecule has 0 amide bonds. The fourth-order valence-corrected chi connectivity index (χ4v) is 1.10. The molecule has 0 atom stereocenters. The Labute approximate surface area is 88.6 Å². The summed E-state index contributed by atoms with van der Waals surface area (Å²) < 4.78 is 0. The number of hydrogen-bond acceptors (Lipinski definition) is 5. The summed E-state index contributed by atoms with van der Waals surface area (Å²) >= 11 is 0. The highest BCUT2D eigenvalue weighted by Crippen LogP contribution is 2.08. The lowest BCUT2D eigenvalue weighted by Gasteiger charge is -2.15. The summed E-state index contributed by atoms with van der Waals surface area (Å²) in [5.41, 5.74) is 1.10. The van der Waals surface area contributed by atoms with Gasteiger partial charge in [-0.25, -0.2) is 9.97 Å². The normalized spacial score (nSPS) is 9.07. The number of aromatic nitrogens is 2. The van der Waals surface area contributed by atoms with Gasteiger partial charge >= 0.3 is 0 Å². The van der Waals surface area contributed by atoms with E-state index in [-0.39, 0.29) is 0 Å². The predicted molar refractivity (Wildman–Crippen MR) is 55.0 cm³/mol. The van der Waals surface area contributed by atoms with Crippen LogP contribution in [0.3, 0.4) is 0 Å². The maximum absolute atomic E-state index is 8.73. The standard InChI is InChI=1S/C10H11N5/c1-8-6-9(7-12)14-10(13-8)15(2)5-3-4-11/h6H,3,5H2,1-2H3. The van der Waals surface area contributed by atoms with Crippen LogP contribution in [0.15, 0.2) is 6.07 Å². The molecule has 1 rings (SSSR count). The summed E-state index contributed by atoms with van der Waals surface area (Å²) in [5, 5.41) is 17.2. The Morgan fingerprint density at radius 3 is 2.73 bits per heavy atom. The number of hydrogen-bond donors (Lipinski definition) is 0. The molecule has 5 nitrogen and oxygen atoms in total. The molecule has 1 aromatic heterocycles. The summed E-state index contributed by atoms with van der Waals surface area (Å²) in [6.07, 6.45) is 0.412. The molecule has 0 bridgehead atoms. The van der Waals surface area contributed by atoms with Gasteiger partial charge in [0.1, 0.15) is 11.8 Å². The third-order valence-electron chi connectivity index (χ3n) is 1.86. The van der Waals surface area contributed by atoms with Gasteiger partial charge in [0.25, 0.3) is 0 Å². The van der Waals surface area contributed by atoms with Gasteiger partial charge in [0.2, 0.25) is 5.95 Å². The van der Waals surface area contributed by atoms with Crippen LogP contribution in [-0.4, -0.2) is 23.6 Å². The Bertz CT molecular complexity index is 426. The minimum Gasteiger partial charge on any atom is -0.343 e. The topological polar surface area (TPSA) is 76.6 Å². The fourth-order valence-electron chi connectivity index (χ4n) is 1.10. The molecule has 0 unspecified atom stereocenters. The van der Waals surface area contributed by atoms with Crippen molar-refractivity contribution in [3.63, 3.8) is 0 Å². The Balaban J connectivity index is 2.90. The lowest BCUT2D eigenvalue weighted by molar-refractivity contribution is 0.850. The number of nitrogens with zero attached hydrogens (tertiary/aromatic N) is 5. The second-order valence-electron chi connectivity index (χ2n) is 3.14. The van der Waals surface area contributed by atoms with E-state index in [1.165, 1.54) is 0 Å². The van der Waals surface area contributed by atoms with Crippen molar-refractivity contribution in [2.45, 2.75) is 13.3 Å². The Hall–Kier alpha value is -2.14. The molecule has 1 heterocycles. The van der Waals surface area contributed by atoms with Gasteiger partial charge in [-0.3, -0.25) is 0 Å². The van der Waals surface area contributed by atoms with Crippen LogP contribution in [0.1, 0.15) is 17.8 Å². The molecule has 15 heavy (non-hydrogen) atoms. The second kappa shape index (κ2) is 4.92. The van der Waals surface area contributed by atoms with E-state index in [4.69, 9.17) is 10.5 Å². The van der Waals surface area contributed by atoms with Gasteiger partial charge in [0.15, 0.2) is 0 Å². The van der Waals surface area contributed by atoms with Gasteiger partial charge in [-0.1, -0.05) is 0 Å². The molecular weight excluding hydrogens is 190 g/mol. The van der Waals surface area contributed by atoms with Gasteiger partial charge in [0, 0.05) is 19.3 Å². The number of aryl methyl sites for hydroxylation is 1. The first-order valence-electron chi connectivity index (χ1n) is 4.51. The van der Waals surface area contributed by atoms with E-state index in [0.29, 0.717) is 24.6 Å². The number of anilines is 1. The summed E-state index contributed by atoms with van der Waals surface area (Å²) in [6, 6.07) is 5.65. The smallest absolute Gasteiger partial charge is 0.226 e. The first-order chi connectivity index (χ1) is 7.17. The van der Waals surface area contributed by atoms with Crippen molar-refractivity contribution < 1.29 is 0 Å². The lowest BCUT2D eigenvalue weighted by Crippen LogP contribution is -2.21. The molecule has 0 aliphatic heterocycles. The zero-order valence-electron chi connectivity index (χ0n) is 8.73. The summed E-state index contributed by atoms with van der Waals surface area (Å²) in [6.45, 7) is 2.37. The Kier molecular flexibility index (Phi) is 3.59. The van der Waals surface area contributed by atoms with Crippen molar-refractivity contribution in [1.82, 2.24) is 9.97 Å². The zero-order valence-corrected chi connectivity index (χ0v) is 8.73. The minimum atomic E-state index is 0.348. The summed E-state index contributed by atoms with van der Waals surface area (Å²) in [5.74, 6) is 0.488. The van der Waals surface area contributed by atoms with E-state index in [1.54, 1.807) is 18.0 Å². The SMILES string of the molecule is Cc1cc(C#N)nc(N(C)CCC#N)n1. The van der Waals surface area contributed by atoms with Gasteiger partial charge in [-0.2, -0.15) is 10.5 Å². The molecular formula is C10H11N5. The van der Waals surface area contributed by atoms with Crippen LogP contribution in [0, 0.1) is 29.6 Å². The van der Waals surface area contributed by atoms with E-state index in [0.717, 1.165) is 5.69 Å². The third-order valence-corrected chi connectivity index (χ3v) is 1.86. The van der Waals surface area contributed by atoms with Crippen LogP contribution in [0.5, 0.6) is 0 Å². The van der Waals surface area contributed by atoms with Gasteiger partial charge in [-0.05, 0) is 13.0 Å². The molecule has 1 aromatic rings. The first kappa shape index (κ1) is 10.9. The second-order valence-corrected chi connectivity index (χ2v) is 3.14. The predicted octanol–water partition coefficient (Wildman–Crippen LogP) is 1.01. The van der Waals surface area contributed by atoms with Crippen LogP contribution < -0.4 is 4.90 Å². The maximum atomic E-state index is 8.73. The molecule has 0 saturated heterocycles. The van der Waals surface area contributed by atoms with Gasteiger partial charge in [-0.15, -0.1) is 0 Å². The maximum Gasteiger partial charge on any atom is 0.226 e. The quantitative estimate of drug-likeness (QED) is 0.729. The highest BCUT2D eigenvalue weighted by atomic mass is 15.2. The fraction of sp³-hybridized carbons (Fsp3) is 0.400. The van der Waals surface area contributed by atoms with Crippen molar-refractivity contribution in [2.75, 3.05) is 18.5 Å². The van der Waals surface area contributed by atoms with Crippen molar-refractivity contribution >= 4 is 5.95 Å². The number of rotatable bonds is 3. The largest absolute Gasteiger partial charge is 0.343 e. The van der Waals surface area contributed by atoms with Crippen molar-refractivity contribution in [1.29, 1.82) is 10.5 Å². The molecule has 76 valence electrons. The van der Waals surface area contributed by atoms with Gasteiger partial charge in [0.05, 0.1) is 12.5 Å². The average molecular weight is 201 g/mol. The van der Waals surface area contributed by atoms with Crippen molar-refractivity contribution in [2.24, 2.45) is 0 Å². The minimum absolute atomic E-state index is 0.348. The van der Waals surface area contributed by atoms with Crippen LogP contribution in [0.25, 0.3) is 0 Å². The third kappa shape index (κ3) is 2.92. The van der Waals surface area contributed by atoms with Crippen molar-refractivity contribution in [3.05, 3.63) is 17.5 Å². The number of nitriles is 2. The summed E-state index contributed by atoms with van der Waals surface area (Å²) in [4.78, 5) is 10.00. The lowest BCUT2D eigenvalue weighted by atomic mass is 10.3. The van der Waals surface area contributed by atoms with Crippen LogP contribution in [0.2, 0.25) is 0 Å². The molecule has 0 N–H and O–H groups in total. The van der Waals surface area contributed by atoms with Crippen LogP contribution >= 0.6 is 0 Å². The Morgan fingerprint density at radius 1 is 1.40 bits per heavy atom. The average Bonchev–Trinajstić information content (AvgIpc) is 2.24. The highest BCUT2D eigenvalue weighted by Gasteiger charge is 2.06. The molecule has 0 saturated carbocycles. The van der Waals surface area contributed by atoms with E-state index >= 15 is 0 Å². The van der Waals surface area contributed by atoms with E-state index in [1.807, 2.05) is 19.1 Å². The molecule has 0 spiro atoms. The molecule has 5 heteroatoms. The van der Waals surface area contributed by atoms with Crippen LogP contribution in [-0.2, 0) is 0 Å². The van der Waals surface area contributed by atoms with E-state index < -0.39 is 0 Å². The molecule has 0 aromatic carbocycles. The van der Waals surface area contributed by atoms with Crippen LogP contribution in [0.4, 0.5) is 5.95 Å². The highest BCUT2D eigenvalue weighted by molar-refractivity contribution is 5.35. The molecule has 0 aliphatic carbocycles. The van der Waals surface area contributed by atoms with Crippen molar-refractivity contribution in [3.8, 4) is 12.1 Å². The Morgan fingerprint density at radius 2 is 2.13 bits per heavy atom. The van der Waals surface area contributed by atoms with E-state index in [2.05, 4.69) is 9.97 Å². The molecule has 0 aliphatic rings. The van der Waals surface area contributed by atoms with E-state index in [9.17, 15) is 0 Å². The molecule has 0 radical (unpaired) electrons. The zero-order chi connectivity index (χ0) is 11.3. The monoisotopic (exact) mass is 201 g/mol. The molecule has 0 fully saturated rings. The van der Waals surface area contributed by atoms with Gasteiger partial charge < -0.3 is 4.90 Å². The first-order valence-corrected chi connectivity index (χ1v) is 4.51. The summed E-state index contributed by atoms with van der Waals surface area (Å²) in [7, 11) is 1.80.